The minimum absolute atomic E-state index is 0.123. The van der Waals surface area contributed by atoms with Gasteiger partial charge in [-0.25, -0.2) is 0 Å². The van der Waals surface area contributed by atoms with E-state index in [2.05, 4.69) is 0 Å². The highest BCUT2D eigenvalue weighted by molar-refractivity contribution is 6.19. The molecule has 2 rings (SSSR count). The van der Waals surface area contributed by atoms with Gasteiger partial charge >= 0.3 is 12.1 Å². The van der Waals surface area contributed by atoms with E-state index in [0.29, 0.717) is 23.1 Å². The zero-order chi connectivity index (χ0) is 15.7. The average Bonchev–Trinajstić information content (AvgIpc) is 2.69. The van der Waals surface area contributed by atoms with Crippen LogP contribution in [0.5, 0.6) is 0 Å². The molecule has 1 atom stereocenters. The van der Waals surface area contributed by atoms with E-state index in [-0.39, 0.29) is 6.42 Å². The molecular formula is C15H12BF3O2. The van der Waals surface area contributed by atoms with E-state index in [0.717, 1.165) is 12.2 Å². The van der Waals surface area contributed by atoms with Crippen LogP contribution >= 0.6 is 0 Å². The first-order valence-electron chi connectivity index (χ1n) is 6.26. The van der Waals surface area contributed by atoms with Crippen molar-refractivity contribution < 1.29 is 23.1 Å². The Hall–Kier alpha value is -1.98. The van der Waals surface area contributed by atoms with Gasteiger partial charge in [0, 0.05) is 0 Å². The first kappa shape index (κ1) is 15.4. The Labute approximate surface area is 121 Å². The lowest BCUT2D eigenvalue weighted by Crippen LogP contribution is -2.28. The summed E-state index contributed by atoms with van der Waals surface area (Å²) in [5, 5.41) is 6.21. The molecule has 6 heteroatoms. The second-order valence-corrected chi connectivity index (χ2v) is 5.01. The molecule has 0 saturated carbocycles. The summed E-state index contributed by atoms with van der Waals surface area (Å²) in [6.45, 7) is 0. The van der Waals surface area contributed by atoms with Gasteiger partial charge in [0.1, 0.15) is 0 Å². The van der Waals surface area contributed by atoms with Crippen LogP contribution in [0, 0.1) is 0 Å². The lowest BCUT2D eigenvalue weighted by Gasteiger charge is -2.26. The number of alkyl halides is 3. The van der Waals surface area contributed by atoms with Gasteiger partial charge in [-0.1, -0.05) is 48.1 Å². The zero-order valence-electron chi connectivity index (χ0n) is 11.0. The molecule has 0 aromatic heterocycles. The number of hydrogen-bond donors (Lipinski definition) is 1. The molecule has 2 aliphatic rings. The number of carboxylic acids is 1. The molecule has 2 nitrogen and oxygen atoms in total. The Morgan fingerprint density at radius 3 is 2.67 bits per heavy atom. The van der Waals surface area contributed by atoms with Gasteiger partial charge in [-0.3, -0.25) is 4.79 Å². The van der Waals surface area contributed by atoms with Crippen LogP contribution in [0.25, 0.3) is 0 Å². The maximum atomic E-state index is 13.1. The average molecular weight is 292 g/mol. The fourth-order valence-electron chi connectivity index (χ4n) is 2.20. The fraction of sp³-hybridized carbons (Fsp3) is 0.267. The van der Waals surface area contributed by atoms with Crippen molar-refractivity contribution in [1.29, 1.82) is 0 Å². The monoisotopic (exact) mass is 292 g/mol. The number of aliphatic carboxylic acids is 1. The molecule has 0 aromatic rings. The smallest absolute Gasteiger partial charge is 0.393 e. The second kappa shape index (κ2) is 5.43. The SMILES string of the molecule is [B]C1(C(F)(F)F)C=CC=CC(C2=CC=C(CC(=O)O)C2)=C1. The lowest BCUT2D eigenvalue weighted by atomic mass is 9.67. The highest BCUT2D eigenvalue weighted by Gasteiger charge is 2.47. The summed E-state index contributed by atoms with van der Waals surface area (Å²) >= 11 is 0. The van der Waals surface area contributed by atoms with E-state index in [1.807, 2.05) is 0 Å². The molecule has 0 aromatic carbocycles. The standard InChI is InChI=1S/C15H12BF3O2/c16-14(15(17,18)19)6-2-1-3-12(9-14)11-5-4-10(7-11)8-13(20)21/h1-6,9H,7-8H2,(H,20,21). The summed E-state index contributed by atoms with van der Waals surface area (Å²) in [4.78, 5) is 10.7. The van der Waals surface area contributed by atoms with E-state index < -0.39 is 17.5 Å². The maximum absolute atomic E-state index is 13.1. The van der Waals surface area contributed by atoms with E-state index in [1.165, 1.54) is 12.2 Å². The quantitative estimate of drug-likeness (QED) is 0.806. The molecule has 108 valence electrons. The topological polar surface area (TPSA) is 37.3 Å². The zero-order valence-corrected chi connectivity index (χ0v) is 11.0. The Kier molecular flexibility index (Phi) is 3.98. The fourth-order valence-corrected chi connectivity index (χ4v) is 2.20. The maximum Gasteiger partial charge on any atom is 0.393 e. The molecule has 1 unspecified atom stereocenters. The summed E-state index contributed by atoms with van der Waals surface area (Å²) in [7, 11) is 5.44. The Morgan fingerprint density at radius 2 is 2.05 bits per heavy atom. The van der Waals surface area contributed by atoms with Crippen LogP contribution in [0.2, 0.25) is 5.31 Å². The number of allylic oxidation sites excluding steroid dienone is 9. The van der Waals surface area contributed by atoms with Crippen LogP contribution < -0.4 is 0 Å². The van der Waals surface area contributed by atoms with Crippen molar-refractivity contribution in [2.24, 2.45) is 0 Å². The minimum atomic E-state index is -4.60. The largest absolute Gasteiger partial charge is 0.481 e. The van der Waals surface area contributed by atoms with E-state index in [9.17, 15) is 18.0 Å². The van der Waals surface area contributed by atoms with Gasteiger partial charge in [0.15, 0.2) is 0 Å². The molecule has 0 bridgehead atoms. The Bertz CT molecular complexity index is 609. The third kappa shape index (κ3) is 3.38. The number of halogens is 3. The predicted octanol–water partition coefficient (Wildman–Crippen LogP) is 3.66. The van der Waals surface area contributed by atoms with Gasteiger partial charge in [-0.15, -0.1) is 0 Å². The molecule has 0 aliphatic heterocycles. The lowest BCUT2D eigenvalue weighted by molar-refractivity contribution is -0.142. The van der Waals surface area contributed by atoms with E-state index >= 15 is 0 Å². The highest BCUT2D eigenvalue weighted by atomic mass is 19.4. The molecule has 0 heterocycles. The summed E-state index contributed by atoms with van der Waals surface area (Å²) in [5.74, 6) is -0.966. The Balaban J connectivity index is 2.23. The Morgan fingerprint density at radius 1 is 1.33 bits per heavy atom. The summed E-state index contributed by atoms with van der Waals surface area (Å²) < 4.78 is 39.2. The van der Waals surface area contributed by atoms with Gasteiger partial charge in [0.25, 0.3) is 0 Å². The third-order valence-electron chi connectivity index (χ3n) is 3.33. The molecule has 21 heavy (non-hydrogen) atoms. The first-order chi connectivity index (χ1) is 9.71. The summed E-state index contributed by atoms with van der Waals surface area (Å²) in [5.41, 5.74) is 1.64. The van der Waals surface area contributed by atoms with Crippen molar-refractivity contribution in [3.63, 3.8) is 0 Å². The molecule has 0 saturated heterocycles. The van der Waals surface area contributed by atoms with Crippen molar-refractivity contribution in [1.82, 2.24) is 0 Å². The van der Waals surface area contributed by atoms with Crippen molar-refractivity contribution in [3.05, 3.63) is 59.3 Å². The predicted molar refractivity (Wildman–Crippen MR) is 73.9 cm³/mol. The van der Waals surface area contributed by atoms with Crippen molar-refractivity contribution >= 4 is 13.8 Å². The van der Waals surface area contributed by atoms with Crippen LogP contribution in [0.1, 0.15) is 12.8 Å². The highest BCUT2D eigenvalue weighted by Crippen LogP contribution is 2.47. The molecular weight excluding hydrogens is 280 g/mol. The number of rotatable bonds is 3. The van der Waals surface area contributed by atoms with E-state index in [1.54, 1.807) is 18.2 Å². The molecule has 0 spiro atoms. The van der Waals surface area contributed by atoms with Crippen LogP contribution in [-0.4, -0.2) is 25.1 Å². The van der Waals surface area contributed by atoms with Gasteiger partial charge < -0.3 is 5.11 Å². The second-order valence-electron chi connectivity index (χ2n) is 5.01. The van der Waals surface area contributed by atoms with Crippen LogP contribution in [0.4, 0.5) is 13.2 Å². The molecule has 0 fully saturated rings. The summed E-state index contributed by atoms with van der Waals surface area (Å²) in [6.07, 6.45) is 5.02. The van der Waals surface area contributed by atoms with Gasteiger partial charge in [0.2, 0.25) is 0 Å². The van der Waals surface area contributed by atoms with E-state index in [4.69, 9.17) is 13.0 Å². The van der Waals surface area contributed by atoms with Crippen molar-refractivity contribution in [2.75, 3.05) is 0 Å². The molecule has 0 amide bonds. The van der Waals surface area contributed by atoms with Crippen LogP contribution in [0.15, 0.2) is 59.3 Å². The van der Waals surface area contributed by atoms with Crippen molar-refractivity contribution in [2.45, 2.75) is 24.3 Å². The number of carbonyl (C=O) groups is 1. The normalized spacial score (nSPS) is 25.2. The van der Waals surface area contributed by atoms with Crippen LogP contribution in [0.3, 0.4) is 0 Å². The molecule has 2 radical (unpaired) electrons. The summed E-state index contributed by atoms with van der Waals surface area (Å²) in [6, 6.07) is 0. The van der Waals surface area contributed by atoms with Gasteiger partial charge in [0.05, 0.1) is 19.6 Å². The van der Waals surface area contributed by atoms with Gasteiger partial charge in [-0.05, 0) is 17.6 Å². The van der Waals surface area contributed by atoms with Crippen molar-refractivity contribution in [3.8, 4) is 0 Å². The number of carboxylic acid groups (broad SMARTS) is 1. The van der Waals surface area contributed by atoms with Gasteiger partial charge in [-0.2, -0.15) is 13.2 Å². The molecule has 2 aliphatic carbocycles. The molecule has 1 N–H and O–H groups in total. The third-order valence-corrected chi connectivity index (χ3v) is 3.33. The number of hydrogen-bond acceptors (Lipinski definition) is 1. The first-order valence-corrected chi connectivity index (χ1v) is 6.26. The minimum Gasteiger partial charge on any atom is -0.481 e. The van der Waals surface area contributed by atoms with Crippen LogP contribution in [-0.2, 0) is 4.79 Å².